The Kier molecular flexibility index (Phi) is 3.84. The highest BCUT2D eigenvalue weighted by molar-refractivity contribution is 7.72. The first kappa shape index (κ1) is 14.4. The van der Waals surface area contributed by atoms with Crippen molar-refractivity contribution in [2.75, 3.05) is 5.32 Å². The van der Waals surface area contributed by atoms with Crippen molar-refractivity contribution in [1.29, 1.82) is 0 Å². The van der Waals surface area contributed by atoms with Gasteiger partial charge >= 0.3 is 15.2 Å². The van der Waals surface area contributed by atoms with E-state index in [0.29, 0.717) is 0 Å². The Morgan fingerprint density at radius 1 is 1.00 bits per heavy atom. The van der Waals surface area contributed by atoms with Crippen molar-refractivity contribution >= 4 is 20.9 Å². The van der Waals surface area contributed by atoms with Crippen molar-refractivity contribution in [2.24, 2.45) is 0 Å². The second-order valence-electron chi connectivity index (χ2n) is 3.60. The summed E-state index contributed by atoms with van der Waals surface area (Å²) < 4.78 is 22.5. The average molecular weight is 281 g/mol. The van der Waals surface area contributed by atoms with E-state index in [4.69, 9.17) is 19.6 Å². The fourth-order valence-corrected chi connectivity index (χ4v) is 3.02. The first-order valence-electron chi connectivity index (χ1n) is 4.52. The van der Waals surface area contributed by atoms with Gasteiger partial charge in [0.05, 0.1) is 0 Å². The Morgan fingerprint density at radius 2 is 1.41 bits per heavy atom. The average Bonchev–Trinajstić information content (AvgIpc) is 2.15. The molecule has 1 aromatic rings. The summed E-state index contributed by atoms with van der Waals surface area (Å²) in [5, 5.41) is -0.429. The molecule has 17 heavy (non-hydrogen) atoms. The van der Waals surface area contributed by atoms with Gasteiger partial charge in [-0.2, -0.15) is 0 Å². The molecule has 5 N–H and O–H groups in total. The molecule has 0 amide bonds. The molecular formula is C8H13NO6P2. The largest absolute Gasteiger partial charge is 0.362 e. The van der Waals surface area contributed by atoms with Crippen molar-refractivity contribution in [1.82, 2.24) is 0 Å². The van der Waals surface area contributed by atoms with Crippen LogP contribution in [0.3, 0.4) is 0 Å². The SMILES string of the molecule is CC(Nc1ccccc1)(P(=O)(O)O)P(=O)(O)O. The molecule has 1 aromatic carbocycles. The van der Waals surface area contributed by atoms with Crippen LogP contribution in [0.1, 0.15) is 6.92 Å². The third kappa shape index (κ3) is 2.96. The second-order valence-corrected chi connectivity index (χ2v) is 7.92. The molecule has 0 fully saturated rings. The van der Waals surface area contributed by atoms with E-state index in [1.54, 1.807) is 18.2 Å². The Labute approximate surface area is 97.8 Å². The molecule has 1 rings (SSSR count). The zero-order chi connectivity index (χ0) is 13.3. The monoisotopic (exact) mass is 281 g/mol. The minimum Gasteiger partial charge on any atom is -0.359 e. The van der Waals surface area contributed by atoms with Gasteiger partial charge in [-0.05, 0) is 19.1 Å². The van der Waals surface area contributed by atoms with Crippen molar-refractivity contribution in [3.05, 3.63) is 30.3 Å². The van der Waals surface area contributed by atoms with Crippen molar-refractivity contribution in [3.63, 3.8) is 0 Å². The molecule has 0 aliphatic rings. The molecule has 0 heterocycles. The summed E-state index contributed by atoms with van der Waals surface area (Å²) in [7, 11) is -10.1. The first-order valence-corrected chi connectivity index (χ1v) is 7.75. The standard InChI is InChI=1S/C8H13NO6P2/c1-8(16(10,11)12,17(13,14)15)9-7-5-3-2-4-6-7/h2-6,9H,1H3,(H2,10,11,12)(H2,13,14,15). The predicted molar refractivity (Wildman–Crippen MR) is 62.6 cm³/mol. The van der Waals surface area contributed by atoms with E-state index < -0.39 is 20.2 Å². The van der Waals surface area contributed by atoms with Gasteiger partial charge < -0.3 is 24.9 Å². The van der Waals surface area contributed by atoms with Gasteiger partial charge in [0.1, 0.15) is 0 Å². The minimum atomic E-state index is -5.05. The molecule has 0 bridgehead atoms. The molecule has 0 atom stereocenters. The molecule has 96 valence electrons. The number of para-hydroxylation sites is 1. The highest BCUT2D eigenvalue weighted by Gasteiger charge is 2.56. The number of hydrogen-bond donors (Lipinski definition) is 5. The van der Waals surface area contributed by atoms with E-state index in [2.05, 4.69) is 5.32 Å². The van der Waals surface area contributed by atoms with Gasteiger partial charge in [-0.25, -0.2) is 0 Å². The molecular weight excluding hydrogens is 268 g/mol. The zero-order valence-corrected chi connectivity index (χ0v) is 10.7. The molecule has 7 nitrogen and oxygen atoms in total. The summed E-state index contributed by atoms with van der Waals surface area (Å²) in [5.74, 6) is 0. The van der Waals surface area contributed by atoms with Crippen LogP contribution in [0.25, 0.3) is 0 Å². The molecule has 0 radical (unpaired) electrons. The maximum Gasteiger partial charge on any atom is 0.362 e. The van der Waals surface area contributed by atoms with Crippen molar-refractivity contribution in [3.8, 4) is 0 Å². The van der Waals surface area contributed by atoms with Gasteiger partial charge in [0, 0.05) is 5.69 Å². The van der Waals surface area contributed by atoms with Crippen LogP contribution in [-0.4, -0.2) is 24.6 Å². The van der Waals surface area contributed by atoms with E-state index >= 15 is 0 Å². The smallest absolute Gasteiger partial charge is 0.359 e. The summed E-state index contributed by atoms with van der Waals surface area (Å²) >= 11 is 0. The summed E-state index contributed by atoms with van der Waals surface area (Å²) in [6.45, 7) is 0.793. The van der Waals surface area contributed by atoms with Crippen LogP contribution >= 0.6 is 15.2 Å². The Hall–Kier alpha value is -0.680. The van der Waals surface area contributed by atoms with E-state index in [1.807, 2.05) is 0 Å². The number of benzene rings is 1. The van der Waals surface area contributed by atoms with Crippen molar-refractivity contribution in [2.45, 2.75) is 11.9 Å². The third-order valence-corrected chi connectivity index (χ3v) is 6.34. The zero-order valence-electron chi connectivity index (χ0n) is 8.89. The highest BCUT2D eigenvalue weighted by Crippen LogP contribution is 2.68. The van der Waals surface area contributed by atoms with Crippen LogP contribution in [-0.2, 0) is 9.13 Å². The van der Waals surface area contributed by atoms with Crippen LogP contribution in [0.5, 0.6) is 0 Å². The van der Waals surface area contributed by atoms with Crippen LogP contribution < -0.4 is 5.32 Å². The van der Waals surface area contributed by atoms with Crippen LogP contribution in [0, 0.1) is 0 Å². The molecule has 0 aromatic heterocycles. The Morgan fingerprint density at radius 3 is 1.76 bits per heavy atom. The van der Waals surface area contributed by atoms with Crippen LogP contribution in [0.2, 0.25) is 0 Å². The van der Waals surface area contributed by atoms with Gasteiger partial charge in [-0.3, -0.25) is 9.13 Å². The van der Waals surface area contributed by atoms with Gasteiger partial charge in [0.15, 0.2) is 0 Å². The second kappa shape index (κ2) is 4.53. The molecule has 9 heteroatoms. The molecule has 0 saturated heterocycles. The van der Waals surface area contributed by atoms with Gasteiger partial charge in [0.2, 0.25) is 5.02 Å². The Balaban J connectivity index is 3.20. The predicted octanol–water partition coefficient (Wildman–Crippen LogP) is 1.13. The lowest BCUT2D eigenvalue weighted by Crippen LogP contribution is -2.34. The van der Waals surface area contributed by atoms with Crippen molar-refractivity contribution < 1.29 is 28.7 Å². The summed E-state index contributed by atoms with van der Waals surface area (Å²) in [5.41, 5.74) is 0.210. The lowest BCUT2D eigenvalue weighted by Gasteiger charge is -2.32. The fourth-order valence-electron chi connectivity index (χ4n) is 1.11. The number of rotatable bonds is 4. The van der Waals surface area contributed by atoms with Gasteiger partial charge in [-0.1, -0.05) is 18.2 Å². The fraction of sp³-hybridized carbons (Fsp3) is 0.250. The third-order valence-electron chi connectivity index (χ3n) is 2.29. The lowest BCUT2D eigenvalue weighted by atomic mass is 10.3. The summed E-state index contributed by atoms with van der Waals surface area (Å²) in [6.07, 6.45) is 0. The quantitative estimate of drug-likeness (QED) is 0.523. The molecule has 0 saturated carbocycles. The summed E-state index contributed by atoms with van der Waals surface area (Å²) in [4.78, 5) is 36.4. The van der Waals surface area contributed by atoms with Crippen LogP contribution in [0.15, 0.2) is 30.3 Å². The first-order chi connectivity index (χ1) is 7.58. The molecule has 0 unspecified atom stereocenters. The van der Waals surface area contributed by atoms with E-state index in [1.165, 1.54) is 12.1 Å². The maximum atomic E-state index is 11.2. The summed E-state index contributed by atoms with van der Waals surface area (Å²) in [6, 6.07) is 7.70. The number of hydrogen-bond acceptors (Lipinski definition) is 3. The van der Waals surface area contributed by atoms with E-state index in [0.717, 1.165) is 6.92 Å². The number of nitrogens with one attached hydrogen (secondary N) is 1. The lowest BCUT2D eigenvalue weighted by molar-refractivity contribution is 0.321. The van der Waals surface area contributed by atoms with Crippen LogP contribution in [0.4, 0.5) is 5.69 Å². The highest BCUT2D eigenvalue weighted by atomic mass is 31.2. The Bertz CT molecular complexity index is 456. The van der Waals surface area contributed by atoms with E-state index in [9.17, 15) is 9.13 Å². The molecule has 0 aliphatic heterocycles. The molecule has 0 spiro atoms. The van der Waals surface area contributed by atoms with Gasteiger partial charge in [0.25, 0.3) is 0 Å². The molecule has 0 aliphatic carbocycles. The van der Waals surface area contributed by atoms with Gasteiger partial charge in [-0.15, -0.1) is 0 Å². The topological polar surface area (TPSA) is 127 Å². The minimum absolute atomic E-state index is 0.210. The van der Waals surface area contributed by atoms with E-state index in [-0.39, 0.29) is 5.69 Å². The normalized spacial score (nSPS) is 13.5. The maximum absolute atomic E-state index is 11.2. The number of anilines is 1.